The summed E-state index contributed by atoms with van der Waals surface area (Å²) in [6.45, 7) is -0.104. The van der Waals surface area contributed by atoms with Crippen LogP contribution in [0.4, 0.5) is 10.1 Å². The molecule has 2 aromatic carbocycles. The van der Waals surface area contributed by atoms with Crippen LogP contribution in [0.25, 0.3) is 0 Å². The zero-order chi connectivity index (χ0) is 15.2. The smallest absolute Gasteiger partial charge is 0.161 e. The first kappa shape index (κ1) is 15.1. The molecular formula is C16H18FNO3. The normalized spacial score (nSPS) is 11.8. The lowest BCUT2D eigenvalue weighted by atomic mass is 10.1. The van der Waals surface area contributed by atoms with Crippen LogP contribution < -0.4 is 14.8 Å². The molecule has 21 heavy (non-hydrogen) atoms. The van der Waals surface area contributed by atoms with Crippen molar-refractivity contribution in [3.63, 3.8) is 0 Å². The Labute approximate surface area is 123 Å². The predicted octanol–water partition coefficient (Wildman–Crippen LogP) is 2.99. The molecule has 2 N–H and O–H groups in total. The minimum atomic E-state index is -0.324. The second-order valence-corrected chi connectivity index (χ2v) is 4.50. The number of benzene rings is 2. The maximum Gasteiger partial charge on any atom is 0.161 e. The number of aliphatic hydroxyl groups is 1. The fourth-order valence-corrected chi connectivity index (χ4v) is 2.05. The highest BCUT2D eigenvalue weighted by Gasteiger charge is 2.13. The van der Waals surface area contributed by atoms with E-state index in [2.05, 4.69) is 5.32 Å². The number of hydrogen-bond acceptors (Lipinski definition) is 4. The molecule has 0 aliphatic rings. The highest BCUT2D eigenvalue weighted by atomic mass is 19.1. The topological polar surface area (TPSA) is 50.7 Å². The third-order valence-electron chi connectivity index (χ3n) is 3.18. The van der Waals surface area contributed by atoms with Gasteiger partial charge in [-0.05, 0) is 42.0 Å². The molecule has 0 amide bonds. The molecule has 0 bridgehead atoms. The molecule has 0 aliphatic heterocycles. The fourth-order valence-electron chi connectivity index (χ4n) is 2.05. The number of aliphatic hydroxyl groups excluding tert-OH is 1. The second-order valence-electron chi connectivity index (χ2n) is 4.50. The van der Waals surface area contributed by atoms with Crippen LogP contribution in [0.5, 0.6) is 11.5 Å². The fraction of sp³-hybridized carbons (Fsp3) is 0.250. The lowest BCUT2D eigenvalue weighted by molar-refractivity contribution is 0.275. The lowest BCUT2D eigenvalue weighted by Crippen LogP contribution is -2.15. The van der Waals surface area contributed by atoms with Gasteiger partial charge in [0.1, 0.15) is 5.82 Å². The Morgan fingerprint density at radius 1 is 1.05 bits per heavy atom. The number of rotatable bonds is 6. The molecule has 0 aromatic heterocycles. The maximum atomic E-state index is 12.9. The van der Waals surface area contributed by atoms with E-state index in [-0.39, 0.29) is 18.5 Å². The summed E-state index contributed by atoms with van der Waals surface area (Å²) in [5.41, 5.74) is 1.57. The van der Waals surface area contributed by atoms with Crippen LogP contribution in [0, 0.1) is 5.82 Å². The minimum absolute atomic E-state index is 0.104. The molecule has 112 valence electrons. The molecule has 1 unspecified atom stereocenters. The highest BCUT2D eigenvalue weighted by Crippen LogP contribution is 2.31. The summed E-state index contributed by atoms with van der Waals surface area (Å²) in [7, 11) is 3.13. The summed E-state index contributed by atoms with van der Waals surface area (Å²) in [5, 5.41) is 12.7. The molecule has 2 rings (SSSR count). The monoisotopic (exact) mass is 291 g/mol. The van der Waals surface area contributed by atoms with E-state index in [4.69, 9.17) is 9.47 Å². The van der Waals surface area contributed by atoms with Crippen molar-refractivity contribution in [3.8, 4) is 11.5 Å². The Morgan fingerprint density at radius 3 is 2.29 bits per heavy atom. The van der Waals surface area contributed by atoms with Crippen molar-refractivity contribution in [3.05, 3.63) is 53.8 Å². The van der Waals surface area contributed by atoms with Gasteiger partial charge in [0.05, 0.1) is 26.9 Å². The highest BCUT2D eigenvalue weighted by molar-refractivity contribution is 5.49. The van der Waals surface area contributed by atoms with Crippen LogP contribution in [0.2, 0.25) is 0 Å². The van der Waals surface area contributed by atoms with Gasteiger partial charge in [-0.15, -0.1) is 0 Å². The summed E-state index contributed by atoms with van der Waals surface area (Å²) in [4.78, 5) is 0. The van der Waals surface area contributed by atoms with Gasteiger partial charge in [-0.25, -0.2) is 4.39 Å². The zero-order valence-electron chi connectivity index (χ0n) is 12.0. The van der Waals surface area contributed by atoms with Crippen molar-refractivity contribution in [1.29, 1.82) is 0 Å². The number of methoxy groups -OCH3 is 2. The van der Waals surface area contributed by atoms with Gasteiger partial charge in [-0.3, -0.25) is 0 Å². The van der Waals surface area contributed by atoms with Crippen LogP contribution in [0.3, 0.4) is 0 Å². The largest absolute Gasteiger partial charge is 0.493 e. The van der Waals surface area contributed by atoms with Crippen molar-refractivity contribution in [2.24, 2.45) is 0 Å². The van der Waals surface area contributed by atoms with Gasteiger partial charge in [0, 0.05) is 5.69 Å². The second kappa shape index (κ2) is 6.95. The van der Waals surface area contributed by atoms with E-state index in [1.807, 2.05) is 6.07 Å². The van der Waals surface area contributed by atoms with Gasteiger partial charge in [0.2, 0.25) is 0 Å². The standard InChI is InChI=1S/C16H18FNO3/c1-20-15-8-3-11(9-16(15)21-2)14(10-19)18-13-6-4-12(17)5-7-13/h3-9,14,18-19H,10H2,1-2H3. The van der Waals surface area contributed by atoms with E-state index in [9.17, 15) is 9.50 Å². The average molecular weight is 291 g/mol. The van der Waals surface area contributed by atoms with Crippen molar-refractivity contribution in [1.82, 2.24) is 0 Å². The Hall–Kier alpha value is -2.27. The third-order valence-corrected chi connectivity index (χ3v) is 3.18. The summed E-state index contributed by atoms with van der Waals surface area (Å²) in [5.74, 6) is 0.918. The molecule has 0 fully saturated rings. The summed E-state index contributed by atoms with van der Waals surface area (Å²) < 4.78 is 23.3. The third kappa shape index (κ3) is 3.64. The maximum absolute atomic E-state index is 12.9. The molecule has 5 heteroatoms. The quantitative estimate of drug-likeness (QED) is 0.859. The molecule has 0 saturated carbocycles. The Bertz CT molecular complexity index is 587. The summed E-state index contributed by atoms with van der Waals surface area (Å²) in [6, 6.07) is 11.1. The molecule has 0 saturated heterocycles. The van der Waals surface area contributed by atoms with Crippen LogP contribution in [-0.4, -0.2) is 25.9 Å². The molecule has 4 nitrogen and oxygen atoms in total. The van der Waals surface area contributed by atoms with Gasteiger partial charge >= 0.3 is 0 Å². The Kier molecular flexibility index (Phi) is 5.00. The van der Waals surface area contributed by atoms with Crippen LogP contribution >= 0.6 is 0 Å². The summed E-state index contributed by atoms with van der Waals surface area (Å²) in [6.07, 6.45) is 0. The van der Waals surface area contributed by atoms with Gasteiger partial charge in [-0.2, -0.15) is 0 Å². The lowest BCUT2D eigenvalue weighted by Gasteiger charge is -2.19. The van der Waals surface area contributed by atoms with Gasteiger partial charge in [0.15, 0.2) is 11.5 Å². The van der Waals surface area contributed by atoms with E-state index in [1.54, 1.807) is 38.5 Å². The Morgan fingerprint density at radius 2 is 1.71 bits per heavy atom. The van der Waals surface area contributed by atoms with Crippen LogP contribution in [-0.2, 0) is 0 Å². The van der Waals surface area contributed by atoms with Crippen LogP contribution in [0.1, 0.15) is 11.6 Å². The van der Waals surface area contributed by atoms with Gasteiger partial charge < -0.3 is 19.9 Å². The van der Waals surface area contributed by atoms with E-state index < -0.39 is 0 Å². The molecule has 0 spiro atoms. The van der Waals surface area contributed by atoms with E-state index in [0.717, 1.165) is 11.3 Å². The molecule has 0 radical (unpaired) electrons. The van der Waals surface area contributed by atoms with Gasteiger partial charge in [-0.1, -0.05) is 6.07 Å². The van der Waals surface area contributed by atoms with E-state index in [0.29, 0.717) is 11.5 Å². The van der Waals surface area contributed by atoms with E-state index >= 15 is 0 Å². The minimum Gasteiger partial charge on any atom is -0.493 e. The number of hydrogen-bond donors (Lipinski definition) is 2. The number of nitrogens with one attached hydrogen (secondary N) is 1. The first-order chi connectivity index (χ1) is 10.2. The van der Waals surface area contributed by atoms with Crippen LogP contribution in [0.15, 0.2) is 42.5 Å². The summed E-state index contributed by atoms with van der Waals surface area (Å²) >= 11 is 0. The van der Waals surface area contributed by atoms with Crippen molar-refractivity contribution < 1.29 is 19.0 Å². The molecule has 2 aromatic rings. The first-order valence-electron chi connectivity index (χ1n) is 6.52. The first-order valence-corrected chi connectivity index (χ1v) is 6.52. The number of anilines is 1. The zero-order valence-corrected chi connectivity index (χ0v) is 12.0. The van der Waals surface area contributed by atoms with Crippen molar-refractivity contribution in [2.45, 2.75) is 6.04 Å². The number of ether oxygens (including phenoxy) is 2. The molecule has 0 heterocycles. The number of halogens is 1. The van der Waals surface area contributed by atoms with Crippen molar-refractivity contribution >= 4 is 5.69 Å². The van der Waals surface area contributed by atoms with Crippen molar-refractivity contribution in [2.75, 3.05) is 26.1 Å². The molecular weight excluding hydrogens is 273 g/mol. The molecule has 1 atom stereocenters. The molecule has 0 aliphatic carbocycles. The van der Waals surface area contributed by atoms with E-state index in [1.165, 1.54) is 12.1 Å². The van der Waals surface area contributed by atoms with Gasteiger partial charge in [0.25, 0.3) is 0 Å². The SMILES string of the molecule is COc1ccc(C(CO)Nc2ccc(F)cc2)cc1OC. The Balaban J connectivity index is 2.22. The average Bonchev–Trinajstić information content (AvgIpc) is 2.53. The predicted molar refractivity (Wildman–Crippen MR) is 79.4 cm³/mol.